The number of furan rings is 1. The van der Waals surface area contributed by atoms with Crippen molar-refractivity contribution >= 4 is 55.6 Å². The number of hydrogen-bond acceptors (Lipinski definition) is 4. The minimum atomic E-state index is 0.0846. The molecular formula is C47H31N3O. The number of aromatic nitrogens is 3. The van der Waals surface area contributed by atoms with Gasteiger partial charge in [-0.15, -0.1) is 0 Å². The lowest BCUT2D eigenvalue weighted by Crippen LogP contribution is -2.20. The predicted molar refractivity (Wildman–Crippen MR) is 209 cm³/mol. The molecule has 0 aliphatic heterocycles. The summed E-state index contributed by atoms with van der Waals surface area (Å²) < 4.78 is 6.50. The molecule has 8 aromatic rings. The van der Waals surface area contributed by atoms with Gasteiger partial charge in [-0.2, -0.15) is 0 Å². The summed E-state index contributed by atoms with van der Waals surface area (Å²) in [5, 5.41) is 8.67. The van der Waals surface area contributed by atoms with E-state index in [1.165, 1.54) is 43.5 Å². The summed E-state index contributed by atoms with van der Waals surface area (Å²) in [5.74, 6) is 2.63. The lowest BCUT2D eigenvalue weighted by Gasteiger charge is -2.25. The number of rotatable bonds is 4. The highest BCUT2D eigenvalue weighted by molar-refractivity contribution is 6.19. The first kappa shape index (κ1) is 28.4. The fourth-order valence-electron chi connectivity index (χ4n) is 8.56. The molecule has 2 aromatic heterocycles. The minimum absolute atomic E-state index is 0.0846. The van der Waals surface area contributed by atoms with Crippen LogP contribution in [0.3, 0.4) is 0 Å². The third-order valence-electron chi connectivity index (χ3n) is 10.9. The summed E-state index contributed by atoms with van der Waals surface area (Å²) in [4.78, 5) is 15.2. The maximum absolute atomic E-state index is 6.50. The first-order valence-electron chi connectivity index (χ1n) is 17.8. The molecule has 1 unspecified atom stereocenters. The summed E-state index contributed by atoms with van der Waals surface area (Å²) in [6.07, 6.45) is 22.0. The van der Waals surface area contributed by atoms with Gasteiger partial charge in [0, 0.05) is 33.7 Å². The predicted octanol–water partition coefficient (Wildman–Crippen LogP) is 11.2. The maximum Gasteiger partial charge on any atom is 0.164 e. The van der Waals surface area contributed by atoms with Gasteiger partial charge in [0.05, 0.1) is 0 Å². The van der Waals surface area contributed by atoms with Gasteiger partial charge in [-0.25, -0.2) is 15.0 Å². The highest BCUT2D eigenvalue weighted by Crippen LogP contribution is 2.43. The Morgan fingerprint density at radius 1 is 0.549 bits per heavy atom. The van der Waals surface area contributed by atoms with E-state index in [1.54, 1.807) is 0 Å². The zero-order chi connectivity index (χ0) is 33.5. The molecule has 0 N–H and O–H groups in total. The molecule has 240 valence electrons. The van der Waals surface area contributed by atoms with Crippen molar-refractivity contribution in [2.24, 2.45) is 0 Å². The van der Waals surface area contributed by atoms with Crippen molar-refractivity contribution in [1.82, 2.24) is 15.0 Å². The van der Waals surface area contributed by atoms with Gasteiger partial charge >= 0.3 is 0 Å². The largest absolute Gasteiger partial charge is 0.456 e. The highest BCUT2D eigenvalue weighted by atomic mass is 16.3. The molecule has 0 bridgehead atoms. The van der Waals surface area contributed by atoms with E-state index in [4.69, 9.17) is 19.4 Å². The van der Waals surface area contributed by atoms with Crippen LogP contribution in [0.5, 0.6) is 0 Å². The van der Waals surface area contributed by atoms with Crippen molar-refractivity contribution in [3.63, 3.8) is 0 Å². The highest BCUT2D eigenvalue weighted by Gasteiger charge is 2.24. The Morgan fingerprint density at radius 3 is 2.33 bits per heavy atom. The van der Waals surface area contributed by atoms with Gasteiger partial charge < -0.3 is 4.42 Å². The summed E-state index contributed by atoms with van der Waals surface area (Å²) >= 11 is 0. The van der Waals surface area contributed by atoms with Gasteiger partial charge in [0.1, 0.15) is 17.0 Å². The molecule has 0 amide bonds. The third kappa shape index (κ3) is 4.36. The zero-order valence-electron chi connectivity index (χ0n) is 27.8. The molecule has 51 heavy (non-hydrogen) atoms. The molecule has 11 rings (SSSR count). The summed E-state index contributed by atoms with van der Waals surface area (Å²) in [7, 11) is 0. The molecule has 6 aromatic carbocycles. The summed E-state index contributed by atoms with van der Waals surface area (Å²) in [5.41, 5.74) is 8.76. The van der Waals surface area contributed by atoms with E-state index in [9.17, 15) is 0 Å². The molecular weight excluding hydrogens is 623 g/mol. The monoisotopic (exact) mass is 653 g/mol. The smallest absolute Gasteiger partial charge is 0.164 e. The Labute approximate surface area is 294 Å². The average molecular weight is 654 g/mol. The molecule has 2 atom stereocenters. The van der Waals surface area contributed by atoms with Crippen LogP contribution in [0.2, 0.25) is 0 Å². The van der Waals surface area contributed by atoms with Gasteiger partial charge in [-0.05, 0) is 80.1 Å². The van der Waals surface area contributed by atoms with Crippen LogP contribution in [0.15, 0.2) is 144 Å². The van der Waals surface area contributed by atoms with Gasteiger partial charge in [0.2, 0.25) is 0 Å². The second-order valence-electron chi connectivity index (χ2n) is 13.8. The van der Waals surface area contributed by atoms with Crippen molar-refractivity contribution in [3.05, 3.63) is 162 Å². The quantitative estimate of drug-likeness (QED) is 0.190. The number of allylic oxidation sites excluding steroid dienone is 7. The van der Waals surface area contributed by atoms with Crippen molar-refractivity contribution in [3.8, 4) is 33.9 Å². The van der Waals surface area contributed by atoms with Crippen molar-refractivity contribution in [2.45, 2.75) is 24.7 Å². The standard InChI is InChI=1S/C47H31N3O/c1-3-11-29(12-4-1)45-48-46(30-13-5-2-6-14-30)50-47(49-45)38-21-10-22-41-44(38)39-27-31(23-26-40(39)51-41)32-24-25-37-35-18-8-16-28-15-7-17-34(42(28)35)36-20-9-19-33(32)43(36)37/h1-13,16-28,30H,14-15H2/t28?,30-/m0/s1. The van der Waals surface area contributed by atoms with Gasteiger partial charge in [0.25, 0.3) is 0 Å². The van der Waals surface area contributed by atoms with Crippen LogP contribution in [0, 0.1) is 0 Å². The van der Waals surface area contributed by atoms with Crippen LogP contribution < -0.4 is 5.22 Å². The van der Waals surface area contributed by atoms with E-state index in [1.807, 2.05) is 30.3 Å². The van der Waals surface area contributed by atoms with Crippen LogP contribution in [-0.2, 0) is 0 Å². The maximum atomic E-state index is 6.50. The topological polar surface area (TPSA) is 51.8 Å². The van der Waals surface area contributed by atoms with E-state index in [0.717, 1.165) is 57.3 Å². The second kappa shape index (κ2) is 11.1. The summed E-state index contributed by atoms with van der Waals surface area (Å²) in [6, 6.07) is 34.4. The van der Waals surface area contributed by atoms with Crippen LogP contribution in [0.1, 0.15) is 41.6 Å². The van der Waals surface area contributed by atoms with Crippen LogP contribution in [0.25, 0.3) is 89.5 Å². The lowest BCUT2D eigenvalue weighted by atomic mass is 9.78. The molecule has 0 fully saturated rings. The normalized spacial score (nSPS) is 17.5. The molecule has 2 heterocycles. The Bertz CT molecular complexity index is 2930. The molecule has 0 radical (unpaired) electrons. The lowest BCUT2D eigenvalue weighted by molar-refractivity contribution is 0.669. The molecule has 0 spiro atoms. The Balaban J connectivity index is 1.13. The molecule has 3 aliphatic rings. The fraction of sp³-hybridized carbons (Fsp3) is 0.0851. The van der Waals surface area contributed by atoms with E-state index >= 15 is 0 Å². The Hall–Kier alpha value is -6.39. The van der Waals surface area contributed by atoms with Crippen molar-refractivity contribution in [2.75, 3.05) is 0 Å². The SMILES string of the molecule is C1=CC[C@@H](c2nc(-c3ccccc3)nc(-c3cccc4oc5ccc(-c6ccc7c8c9c(c%10cccc6c%107)C=CCC9C=CC=8)cc5c34)n2)C=C1. The molecule has 0 saturated carbocycles. The van der Waals surface area contributed by atoms with Gasteiger partial charge in [-0.3, -0.25) is 0 Å². The minimum Gasteiger partial charge on any atom is -0.456 e. The molecule has 4 heteroatoms. The first-order chi connectivity index (χ1) is 25.3. The molecule has 4 nitrogen and oxygen atoms in total. The molecule has 3 aliphatic carbocycles. The number of fused-ring (bicyclic) bond motifs is 5. The average Bonchev–Trinajstić information content (AvgIpc) is 3.58. The third-order valence-corrected chi connectivity index (χ3v) is 10.9. The zero-order valence-corrected chi connectivity index (χ0v) is 27.8. The van der Waals surface area contributed by atoms with E-state index < -0.39 is 0 Å². The number of benzene rings is 6. The van der Waals surface area contributed by atoms with E-state index in [-0.39, 0.29) is 5.92 Å². The summed E-state index contributed by atoms with van der Waals surface area (Å²) in [6.45, 7) is 0. The van der Waals surface area contributed by atoms with E-state index in [0.29, 0.717) is 17.6 Å². The van der Waals surface area contributed by atoms with Crippen LogP contribution in [0.4, 0.5) is 0 Å². The van der Waals surface area contributed by atoms with Crippen molar-refractivity contribution < 1.29 is 4.42 Å². The Morgan fingerprint density at radius 2 is 1.41 bits per heavy atom. The van der Waals surface area contributed by atoms with Gasteiger partial charge in [0.15, 0.2) is 11.6 Å². The fourth-order valence-corrected chi connectivity index (χ4v) is 8.56. The van der Waals surface area contributed by atoms with Crippen LogP contribution in [-0.4, -0.2) is 15.0 Å². The first-order valence-corrected chi connectivity index (χ1v) is 17.8. The van der Waals surface area contributed by atoms with Crippen molar-refractivity contribution in [1.29, 1.82) is 0 Å². The second-order valence-corrected chi connectivity index (χ2v) is 13.8. The van der Waals surface area contributed by atoms with E-state index in [2.05, 4.69) is 121 Å². The Kier molecular flexibility index (Phi) is 6.17. The molecule has 0 saturated heterocycles. The van der Waals surface area contributed by atoms with Crippen LogP contribution >= 0.6 is 0 Å². The number of nitrogens with zero attached hydrogens (tertiary/aromatic N) is 3. The number of hydrogen-bond donors (Lipinski definition) is 0. The van der Waals surface area contributed by atoms with Gasteiger partial charge in [-0.1, -0.05) is 134 Å².